The summed E-state index contributed by atoms with van der Waals surface area (Å²) in [5, 5.41) is 13.6. The third-order valence-corrected chi connectivity index (χ3v) is 3.32. The average Bonchev–Trinajstić information content (AvgIpc) is 2.51. The molecule has 0 fully saturated rings. The fourth-order valence-electron chi connectivity index (χ4n) is 2.23. The Morgan fingerprint density at radius 1 is 1.38 bits per heavy atom. The lowest BCUT2D eigenvalue weighted by Crippen LogP contribution is -2.32. The van der Waals surface area contributed by atoms with Gasteiger partial charge >= 0.3 is 11.8 Å². The second kappa shape index (κ2) is 7.34. The van der Waals surface area contributed by atoms with Crippen LogP contribution in [0.4, 0.5) is 20.7 Å². The highest BCUT2D eigenvalue weighted by Crippen LogP contribution is 2.33. The molecule has 1 aromatic carbocycles. The monoisotopic (exact) mass is 362 g/mol. The molecule has 0 saturated heterocycles. The maximum absolute atomic E-state index is 14.3. The minimum atomic E-state index is -0.668. The molecule has 0 radical (unpaired) electrons. The molecule has 2 aromatic rings. The highest BCUT2D eigenvalue weighted by atomic mass is 19.1. The number of carbonyl (C=O) groups excluding carboxylic acids is 1. The van der Waals surface area contributed by atoms with E-state index in [1.54, 1.807) is 20.8 Å². The summed E-state index contributed by atoms with van der Waals surface area (Å²) in [5.41, 5.74) is 5.16. The molecule has 0 unspecified atom stereocenters. The van der Waals surface area contributed by atoms with Gasteiger partial charge in [-0.1, -0.05) is 12.1 Å². The third kappa shape index (κ3) is 4.65. The lowest BCUT2D eigenvalue weighted by molar-refractivity contribution is -0.383. The number of anilines is 1. The SMILES string of the molecule is CC(C)(C)OC(=O)NCc1ccc(-c2ccnc(N)c2[N+](=O)[O-])cc1F. The number of nitrogens with one attached hydrogen (secondary N) is 1. The van der Waals surface area contributed by atoms with E-state index in [4.69, 9.17) is 10.5 Å². The number of ether oxygens (including phenoxy) is 1. The van der Waals surface area contributed by atoms with Gasteiger partial charge in [0.1, 0.15) is 11.4 Å². The summed E-state index contributed by atoms with van der Waals surface area (Å²) in [4.78, 5) is 25.9. The zero-order valence-electron chi connectivity index (χ0n) is 14.6. The molecule has 0 aliphatic rings. The largest absolute Gasteiger partial charge is 0.444 e. The molecule has 0 saturated carbocycles. The Hall–Kier alpha value is -3.23. The fraction of sp³-hybridized carbons (Fsp3) is 0.294. The van der Waals surface area contributed by atoms with Gasteiger partial charge in [0.15, 0.2) is 0 Å². The first-order chi connectivity index (χ1) is 12.1. The summed E-state index contributed by atoms with van der Waals surface area (Å²) in [5.74, 6) is -0.869. The number of hydrogen-bond donors (Lipinski definition) is 2. The Bertz CT molecular complexity index is 849. The predicted molar refractivity (Wildman–Crippen MR) is 93.8 cm³/mol. The quantitative estimate of drug-likeness (QED) is 0.635. The maximum atomic E-state index is 14.3. The molecule has 0 aliphatic heterocycles. The molecule has 0 bridgehead atoms. The number of nitrogens with zero attached hydrogens (tertiary/aromatic N) is 2. The van der Waals surface area contributed by atoms with Gasteiger partial charge in [0.2, 0.25) is 5.82 Å². The normalized spacial score (nSPS) is 11.1. The Labute approximate surface area is 149 Å². The lowest BCUT2D eigenvalue weighted by atomic mass is 10.0. The molecule has 1 aromatic heterocycles. The molecule has 3 N–H and O–H groups in total. The van der Waals surface area contributed by atoms with Crippen molar-refractivity contribution in [1.29, 1.82) is 0 Å². The second-order valence-electron chi connectivity index (χ2n) is 6.51. The summed E-state index contributed by atoms with van der Waals surface area (Å²) >= 11 is 0. The number of nitrogen functional groups attached to an aromatic ring is 1. The van der Waals surface area contributed by atoms with E-state index in [1.807, 2.05) is 0 Å². The van der Waals surface area contributed by atoms with Gasteiger partial charge in [-0.2, -0.15) is 0 Å². The van der Waals surface area contributed by atoms with Crippen molar-refractivity contribution in [3.05, 3.63) is 52.0 Å². The molecule has 1 amide bonds. The smallest absolute Gasteiger partial charge is 0.407 e. The van der Waals surface area contributed by atoms with Crippen LogP contribution in [0.5, 0.6) is 0 Å². The number of carbonyl (C=O) groups is 1. The molecule has 0 atom stereocenters. The first kappa shape index (κ1) is 19.1. The second-order valence-corrected chi connectivity index (χ2v) is 6.51. The first-order valence-electron chi connectivity index (χ1n) is 7.73. The number of nitrogens with two attached hydrogens (primary N) is 1. The number of amides is 1. The van der Waals surface area contributed by atoms with E-state index in [-0.39, 0.29) is 34.7 Å². The zero-order chi connectivity index (χ0) is 19.5. The standard InChI is InChI=1S/C17H19FN4O4/c1-17(2,3)26-16(23)21-9-11-5-4-10(8-13(11)18)12-6-7-20-15(19)14(12)22(24)25/h4-8H,9H2,1-3H3,(H2,19,20)(H,21,23). The molecule has 9 heteroatoms. The summed E-state index contributed by atoms with van der Waals surface area (Å²) in [6.07, 6.45) is 0.645. The average molecular weight is 362 g/mol. The Morgan fingerprint density at radius 3 is 2.65 bits per heavy atom. The number of pyridine rings is 1. The minimum Gasteiger partial charge on any atom is -0.444 e. The topological polar surface area (TPSA) is 120 Å². The summed E-state index contributed by atoms with van der Waals surface area (Å²) in [6.45, 7) is 5.07. The molecule has 1 heterocycles. The van der Waals surface area contributed by atoms with Gasteiger partial charge < -0.3 is 15.8 Å². The lowest BCUT2D eigenvalue weighted by Gasteiger charge is -2.19. The van der Waals surface area contributed by atoms with Crippen LogP contribution in [0.3, 0.4) is 0 Å². The molecule has 2 rings (SSSR count). The van der Waals surface area contributed by atoms with Crippen molar-refractivity contribution < 1.29 is 18.8 Å². The van der Waals surface area contributed by atoms with E-state index in [1.165, 1.54) is 24.4 Å². The van der Waals surface area contributed by atoms with Crippen molar-refractivity contribution >= 4 is 17.6 Å². The van der Waals surface area contributed by atoms with Crippen molar-refractivity contribution in [3.8, 4) is 11.1 Å². The summed E-state index contributed by atoms with van der Waals surface area (Å²) < 4.78 is 19.4. The van der Waals surface area contributed by atoms with Gasteiger partial charge in [-0.15, -0.1) is 0 Å². The zero-order valence-corrected chi connectivity index (χ0v) is 14.6. The molecule has 0 aliphatic carbocycles. The van der Waals surface area contributed by atoms with Crippen LogP contribution in [-0.4, -0.2) is 21.6 Å². The van der Waals surface area contributed by atoms with Gasteiger partial charge in [-0.3, -0.25) is 10.1 Å². The van der Waals surface area contributed by atoms with E-state index >= 15 is 0 Å². The van der Waals surface area contributed by atoms with Crippen LogP contribution in [0, 0.1) is 15.9 Å². The Morgan fingerprint density at radius 2 is 2.08 bits per heavy atom. The number of rotatable bonds is 4. The van der Waals surface area contributed by atoms with Crippen LogP contribution in [0.15, 0.2) is 30.5 Å². The van der Waals surface area contributed by atoms with Gasteiger partial charge in [0, 0.05) is 18.3 Å². The fourth-order valence-corrected chi connectivity index (χ4v) is 2.23. The van der Waals surface area contributed by atoms with Crippen molar-refractivity contribution in [3.63, 3.8) is 0 Å². The Balaban J connectivity index is 2.22. The number of alkyl carbamates (subject to hydrolysis) is 1. The highest BCUT2D eigenvalue weighted by molar-refractivity contribution is 5.79. The van der Waals surface area contributed by atoms with Crippen LogP contribution in [-0.2, 0) is 11.3 Å². The maximum Gasteiger partial charge on any atom is 0.407 e. The van der Waals surface area contributed by atoms with E-state index in [2.05, 4.69) is 10.3 Å². The summed E-state index contributed by atoms with van der Waals surface area (Å²) in [7, 11) is 0. The van der Waals surface area contributed by atoms with Crippen LogP contribution in [0.25, 0.3) is 11.1 Å². The first-order valence-corrected chi connectivity index (χ1v) is 7.73. The minimum absolute atomic E-state index is 0.0817. The number of halogens is 1. The van der Waals surface area contributed by atoms with E-state index in [9.17, 15) is 19.3 Å². The van der Waals surface area contributed by atoms with Crippen molar-refractivity contribution in [2.24, 2.45) is 0 Å². The van der Waals surface area contributed by atoms with E-state index in [0.29, 0.717) is 0 Å². The number of aromatic nitrogens is 1. The van der Waals surface area contributed by atoms with Gasteiger partial charge in [-0.05, 0) is 38.5 Å². The van der Waals surface area contributed by atoms with Crippen LogP contribution < -0.4 is 11.1 Å². The van der Waals surface area contributed by atoms with Crippen molar-refractivity contribution in [1.82, 2.24) is 10.3 Å². The predicted octanol–water partition coefficient (Wildman–Crippen LogP) is 3.40. The number of nitro groups is 1. The molecule has 138 valence electrons. The molecule has 26 heavy (non-hydrogen) atoms. The van der Waals surface area contributed by atoms with Crippen LogP contribution in [0.1, 0.15) is 26.3 Å². The van der Waals surface area contributed by atoms with Crippen LogP contribution >= 0.6 is 0 Å². The van der Waals surface area contributed by atoms with Crippen LogP contribution in [0.2, 0.25) is 0 Å². The highest BCUT2D eigenvalue weighted by Gasteiger charge is 2.21. The summed E-state index contributed by atoms with van der Waals surface area (Å²) in [6, 6.07) is 5.48. The third-order valence-electron chi connectivity index (χ3n) is 3.32. The molecule has 8 nitrogen and oxygen atoms in total. The Kier molecular flexibility index (Phi) is 5.39. The van der Waals surface area contributed by atoms with Crippen molar-refractivity contribution in [2.45, 2.75) is 32.9 Å². The molecular weight excluding hydrogens is 343 g/mol. The van der Waals surface area contributed by atoms with Gasteiger partial charge in [0.05, 0.1) is 10.5 Å². The van der Waals surface area contributed by atoms with Gasteiger partial charge in [0.25, 0.3) is 0 Å². The number of hydrogen-bond acceptors (Lipinski definition) is 6. The van der Waals surface area contributed by atoms with Crippen molar-refractivity contribution in [2.75, 3.05) is 5.73 Å². The molecular formula is C17H19FN4O4. The van der Waals surface area contributed by atoms with E-state index < -0.39 is 22.4 Å². The van der Waals surface area contributed by atoms with E-state index in [0.717, 1.165) is 6.07 Å². The number of benzene rings is 1. The van der Waals surface area contributed by atoms with Gasteiger partial charge in [-0.25, -0.2) is 14.2 Å². The molecule has 0 spiro atoms.